The number of allylic oxidation sites excluding steroid dienone is 1. The second kappa shape index (κ2) is 9.31. The predicted molar refractivity (Wildman–Crippen MR) is 113 cm³/mol. The van der Waals surface area contributed by atoms with E-state index in [0.29, 0.717) is 22.0 Å². The van der Waals surface area contributed by atoms with Crippen molar-refractivity contribution in [3.8, 4) is 6.07 Å². The zero-order valence-electron chi connectivity index (χ0n) is 17.9. The molecule has 2 rings (SSSR count). The Hall–Kier alpha value is -2.85. The van der Waals surface area contributed by atoms with Crippen LogP contribution in [0.1, 0.15) is 50.2 Å². The van der Waals surface area contributed by atoms with Gasteiger partial charge in [0.15, 0.2) is 12.4 Å². The Bertz CT molecular complexity index is 998. The lowest BCUT2D eigenvalue weighted by atomic mass is 9.86. The number of rotatable bonds is 6. The summed E-state index contributed by atoms with van der Waals surface area (Å²) in [4.78, 5) is 11.3. The summed E-state index contributed by atoms with van der Waals surface area (Å²) in [6.45, 7) is 8.16. The molecular weight excluding hydrogens is 409 g/mol. The average molecular weight is 434 g/mol. The maximum Gasteiger partial charge on any atom is 0.340 e. The summed E-state index contributed by atoms with van der Waals surface area (Å²) >= 11 is 6.42. The van der Waals surface area contributed by atoms with E-state index < -0.39 is 18.9 Å². The van der Waals surface area contributed by atoms with Gasteiger partial charge in [-0.25, -0.2) is 9.18 Å². The molecule has 1 atom stereocenters. The first-order valence-electron chi connectivity index (χ1n) is 9.36. The molecule has 30 heavy (non-hydrogen) atoms. The number of esters is 1. The zero-order valence-corrected chi connectivity index (χ0v) is 18.7. The van der Waals surface area contributed by atoms with Gasteiger partial charge in [0.25, 0.3) is 0 Å². The third-order valence-corrected chi connectivity index (χ3v) is 4.89. The molecule has 1 heterocycles. The van der Waals surface area contributed by atoms with Crippen LogP contribution >= 0.6 is 11.6 Å². The highest BCUT2D eigenvalue weighted by atomic mass is 35.5. The third kappa shape index (κ3) is 5.19. The molecule has 1 aromatic carbocycles. The maximum atomic E-state index is 12.5. The first-order chi connectivity index (χ1) is 14.0. The Morgan fingerprint density at radius 3 is 2.33 bits per heavy atom. The number of halogens is 2. The van der Waals surface area contributed by atoms with E-state index in [2.05, 4.69) is 31.9 Å². The maximum absolute atomic E-state index is 12.5. The Labute approximate surface area is 180 Å². The highest BCUT2D eigenvalue weighted by molar-refractivity contribution is 6.33. The minimum Gasteiger partial charge on any atom is -0.451 e. The molecule has 1 unspecified atom stereocenters. The van der Waals surface area contributed by atoms with E-state index in [4.69, 9.17) is 21.1 Å². The fourth-order valence-corrected chi connectivity index (χ4v) is 3.15. The molecule has 0 N–H and O–H groups in total. The van der Waals surface area contributed by atoms with Gasteiger partial charge in [-0.05, 0) is 23.5 Å². The van der Waals surface area contributed by atoms with Crippen LogP contribution in [-0.2, 0) is 26.7 Å². The average Bonchev–Trinajstić information content (AvgIpc) is 2.92. The molecule has 0 spiro atoms. The lowest BCUT2D eigenvalue weighted by molar-refractivity contribution is -0.165. The van der Waals surface area contributed by atoms with Crippen molar-refractivity contribution in [1.82, 2.24) is 9.78 Å². The molecule has 0 bridgehead atoms. The summed E-state index contributed by atoms with van der Waals surface area (Å²) in [6, 6.07) is 9.66. The molecule has 0 amide bonds. The minimum atomic E-state index is -1.28. The van der Waals surface area contributed by atoms with Crippen LogP contribution in [0.25, 0.3) is 11.3 Å². The number of alkyl halides is 1. The number of aryl methyl sites for hydroxylation is 2. The number of nitriles is 1. The van der Waals surface area contributed by atoms with Crippen LogP contribution in [0, 0.1) is 18.3 Å². The summed E-state index contributed by atoms with van der Waals surface area (Å²) in [6.07, 6.45) is -1.15. The van der Waals surface area contributed by atoms with Crippen molar-refractivity contribution in [1.29, 1.82) is 5.26 Å². The highest BCUT2D eigenvalue weighted by Gasteiger charge is 2.25. The number of carbonyl (C=O) groups excluding carboxylic acids is 1. The highest BCUT2D eigenvalue weighted by Crippen LogP contribution is 2.34. The van der Waals surface area contributed by atoms with Crippen molar-refractivity contribution < 1.29 is 18.7 Å². The summed E-state index contributed by atoms with van der Waals surface area (Å²) in [5, 5.41) is 14.5. The van der Waals surface area contributed by atoms with Gasteiger partial charge in [-0.2, -0.15) is 10.4 Å². The molecule has 0 saturated carbocycles. The van der Waals surface area contributed by atoms with Crippen molar-refractivity contribution in [2.24, 2.45) is 7.05 Å². The fourth-order valence-electron chi connectivity index (χ4n) is 2.90. The van der Waals surface area contributed by atoms with Gasteiger partial charge in [-0.1, -0.05) is 56.6 Å². The number of ether oxygens (including phenoxy) is 2. The number of nitrogens with zero attached hydrogens (tertiary/aromatic N) is 3. The Morgan fingerprint density at radius 1 is 1.30 bits per heavy atom. The van der Waals surface area contributed by atoms with Crippen LogP contribution in [-0.4, -0.2) is 28.7 Å². The van der Waals surface area contributed by atoms with Gasteiger partial charge in [0.05, 0.1) is 10.7 Å². The Balaban J connectivity index is 2.63. The van der Waals surface area contributed by atoms with Crippen LogP contribution in [0.15, 0.2) is 24.3 Å². The van der Waals surface area contributed by atoms with E-state index in [0.717, 1.165) is 5.56 Å². The molecule has 1 aromatic heterocycles. The number of carbonyl (C=O) groups is 1. The van der Waals surface area contributed by atoms with Crippen LogP contribution in [0.2, 0.25) is 5.02 Å². The van der Waals surface area contributed by atoms with E-state index in [9.17, 15) is 14.4 Å². The molecule has 2 aromatic rings. The largest absolute Gasteiger partial charge is 0.451 e. The van der Waals surface area contributed by atoms with E-state index in [-0.39, 0.29) is 16.7 Å². The molecule has 0 aliphatic rings. The van der Waals surface area contributed by atoms with Gasteiger partial charge in [-0.15, -0.1) is 0 Å². The van der Waals surface area contributed by atoms with Gasteiger partial charge < -0.3 is 9.47 Å². The normalized spacial score (nSPS) is 13.3. The van der Waals surface area contributed by atoms with Gasteiger partial charge in [0.1, 0.15) is 17.3 Å². The van der Waals surface area contributed by atoms with Crippen LogP contribution in [0.3, 0.4) is 0 Å². The SMILES string of the molecule is Cc1nn(C)c(/C(OC(C)OC(=O)CF)=C(\C#N)c2ccc(C(C)(C)C)cc2)c1Cl. The molecule has 0 radical (unpaired) electrons. The molecule has 6 nitrogen and oxygen atoms in total. The molecule has 160 valence electrons. The van der Waals surface area contributed by atoms with E-state index in [1.54, 1.807) is 14.0 Å². The van der Waals surface area contributed by atoms with Crippen molar-refractivity contribution >= 4 is 28.9 Å². The van der Waals surface area contributed by atoms with Gasteiger partial charge in [-0.3, -0.25) is 4.68 Å². The summed E-state index contributed by atoms with van der Waals surface area (Å²) in [7, 11) is 1.66. The van der Waals surface area contributed by atoms with Crippen LogP contribution in [0.4, 0.5) is 4.39 Å². The van der Waals surface area contributed by atoms with Crippen molar-refractivity contribution in [2.45, 2.75) is 46.3 Å². The summed E-state index contributed by atoms with van der Waals surface area (Å²) < 4.78 is 24.7. The Morgan fingerprint density at radius 2 is 1.90 bits per heavy atom. The number of hydrogen-bond donors (Lipinski definition) is 0. The lowest BCUT2D eigenvalue weighted by Crippen LogP contribution is -2.20. The summed E-state index contributed by atoms with van der Waals surface area (Å²) in [5.74, 6) is -0.976. The third-order valence-electron chi connectivity index (χ3n) is 4.43. The molecular formula is C22H25ClFN3O3. The second-order valence-electron chi connectivity index (χ2n) is 7.82. The van der Waals surface area contributed by atoms with Crippen LogP contribution in [0.5, 0.6) is 0 Å². The number of aromatic nitrogens is 2. The molecule has 0 aliphatic carbocycles. The van der Waals surface area contributed by atoms with Gasteiger partial charge in [0.2, 0.25) is 6.29 Å². The first kappa shape index (κ1) is 23.4. The van der Waals surface area contributed by atoms with Crippen molar-refractivity contribution in [2.75, 3.05) is 6.67 Å². The lowest BCUT2D eigenvalue weighted by Gasteiger charge is -2.21. The smallest absolute Gasteiger partial charge is 0.340 e. The predicted octanol–water partition coefficient (Wildman–Crippen LogP) is 4.95. The number of hydrogen-bond acceptors (Lipinski definition) is 5. The zero-order chi connectivity index (χ0) is 22.6. The molecule has 0 aliphatic heterocycles. The van der Waals surface area contributed by atoms with E-state index in [1.165, 1.54) is 11.6 Å². The fraction of sp³-hybridized carbons (Fsp3) is 0.409. The van der Waals surface area contributed by atoms with Gasteiger partial charge >= 0.3 is 5.97 Å². The standard InChI is InChI=1S/C22H25ClFN3O3/c1-13-19(23)20(27(6)26-13)21(30-14(2)29-18(28)11-24)17(12-25)15-7-9-16(10-8-15)22(3,4)5/h7-10,14H,11H2,1-6H3/b21-17-. The van der Waals surface area contributed by atoms with E-state index >= 15 is 0 Å². The number of benzene rings is 1. The molecule has 8 heteroatoms. The topological polar surface area (TPSA) is 77.1 Å². The minimum absolute atomic E-state index is 0.0497. The van der Waals surface area contributed by atoms with Gasteiger partial charge in [0, 0.05) is 14.0 Å². The van der Waals surface area contributed by atoms with Crippen LogP contribution < -0.4 is 0 Å². The molecule has 0 fully saturated rings. The first-order valence-corrected chi connectivity index (χ1v) is 9.74. The monoisotopic (exact) mass is 433 g/mol. The molecule has 0 saturated heterocycles. The quantitative estimate of drug-likeness (QED) is 0.279. The van der Waals surface area contributed by atoms with E-state index in [1.807, 2.05) is 24.3 Å². The summed E-state index contributed by atoms with van der Waals surface area (Å²) in [5.41, 5.74) is 2.73. The second-order valence-corrected chi connectivity index (χ2v) is 8.20. The van der Waals surface area contributed by atoms with Crippen molar-refractivity contribution in [3.05, 3.63) is 51.8 Å². The Kier molecular flexibility index (Phi) is 7.27. The van der Waals surface area contributed by atoms with Crippen molar-refractivity contribution in [3.63, 3.8) is 0 Å².